The van der Waals surface area contributed by atoms with E-state index in [0.717, 1.165) is 55.7 Å². The molecule has 0 amide bonds. The molecule has 0 spiro atoms. The van der Waals surface area contributed by atoms with Gasteiger partial charge in [-0.2, -0.15) is 0 Å². The summed E-state index contributed by atoms with van der Waals surface area (Å²) < 4.78 is 7.37. The van der Waals surface area contributed by atoms with Gasteiger partial charge in [-0.25, -0.2) is 0 Å². The number of aromatic amines is 1. The maximum Gasteiger partial charge on any atom is 0.248 e. The largest absolute Gasteiger partial charge is 0.494 e. The highest BCUT2D eigenvalue weighted by molar-refractivity contribution is 7.17. The number of aromatic nitrogens is 1. The molecule has 4 heterocycles. The van der Waals surface area contributed by atoms with E-state index in [0.29, 0.717) is 12.6 Å². The molecule has 1 fully saturated rings. The molecule has 0 bridgehead atoms. The number of pyridine rings is 1. The monoisotopic (exact) mass is 445 g/mol. The Bertz CT molecular complexity index is 1330. The van der Waals surface area contributed by atoms with E-state index in [1.165, 1.54) is 27.8 Å². The summed E-state index contributed by atoms with van der Waals surface area (Å²) in [7, 11) is 0. The average molecular weight is 446 g/mol. The third-order valence-corrected chi connectivity index (χ3v) is 7.82. The van der Waals surface area contributed by atoms with Crippen molar-refractivity contribution >= 4 is 38.0 Å². The molecule has 2 aliphatic heterocycles. The van der Waals surface area contributed by atoms with Crippen molar-refractivity contribution in [3.63, 3.8) is 0 Å². The van der Waals surface area contributed by atoms with Gasteiger partial charge in [0, 0.05) is 53.6 Å². The van der Waals surface area contributed by atoms with Crippen LogP contribution in [-0.4, -0.2) is 48.7 Å². The Kier molecular flexibility index (Phi) is 5.12. The number of rotatable bonds is 6. The summed E-state index contributed by atoms with van der Waals surface area (Å²) in [5.74, 6) is 0.816. The summed E-state index contributed by atoms with van der Waals surface area (Å²) in [4.78, 5) is 19.7. The molecule has 1 saturated heterocycles. The number of fused-ring (bicyclic) bond motifs is 3. The summed E-state index contributed by atoms with van der Waals surface area (Å²) in [5.41, 5.74) is 3.72. The first-order valence-corrected chi connectivity index (χ1v) is 12.4. The van der Waals surface area contributed by atoms with Crippen LogP contribution in [-0.2, 0) is 6.42 Å². The highest BCUT2D eigenvalue weighted by atomic mass is 32.1. The number of H-pyrrole nitrogens is 1. The second kappa shape index (κ2) is 8.26. The summed E-state index contributed by atoms with van der Waals surface area (Å²) in [6.45, 7) is 5.21. The normalized spacial score (nSPS) is 18.2. The quantitative estimate of drug-likeness (QED) is 0.439. The molecule has 6 rings (SSSR count). The molecule has 1 N–H and O–H groups in total. The Morgan fingerprint density at radius 3 is 3.00 bits per heavy atom. The van der Waals surface area contributed by atoms with Crippen LogP contribution >= 0.6 is 11.3 Å². The number of anilines is 1. The highest BCUT2D eigenvalue weighted by Crippen LogP contribution is 2.40. The average Bonchev–Trinajstić information content (AvgIpc) is 3.22. The lowest BCUT2D eigenvalue weighted by Crippen LogP contribution is -2.55. The van der Waals surface area contributed by atoms with E-state index >= 15 is 0 Å². The third-order valence-electron chi connectivity index (χ3n) is 6.82. The van der Waals surface area contributed by atoms with Crippen molar-refractivity contribution < 1.29 is 4.74 Å². The lowest BCUT2D eigenvalue weighted by molar-refractivity contribution is 0.209. The van der Waals surface area contributed by atoms with Crippen LogP contribution in [0.4, 0.5) is 5.69 Å². The zero-order chi connectivity index (χ0) is 21.5. The van der Waals surface area contributed by atoms with E-state index in [-0.39, 0.29) is 5.56 Å². The third kappa shape index (κ3) is 3.67. The maximum absolute atomic E-state index is 11.5. The van der Waals surface area contributed by atoms with Gasteiger partial charge in [-0.1, -0.05) is 6.07 Å². The number of unbranched alkanes of at least 4 members (excludes halogenated alkanes) is 1. The Labute approximate surface area is 191 Å². The van der Waals surface area contributed by atoms with Gasteiger partial charge in [-0.3, -0.25) is 9.69 Å². The van der Waals surface area contributed by atoms with Crippen molar-refractivity contribution in [1.82, 2.24) is 9.88 Å². The smallest absolute Gasteiger partial charge is 0.248 e. The fraction of sp³-hybridized carbons (Fsp3) is 0.346. The number of hydrogen-bond donors (Lipinski definition) is 1. The lowest BCUT2D eigenvalue weighted by Gasteiger charge is -2.45. The van der Waals surface area contributed by atoms with Gasteiger partial charge in [0.2, 0.25) is 5.56 Å². The number of hydrogen-bond acceptors (Lipinski definition) is 5. The van der Waals surface area contributed by atoms with E-state index in [1.807, 2.05) is 35.6 Å². The van der Waals surface area contributed by atoms with Crippen molar-refractivity contribution in [3.8, 4) is 5.75 Å². The van der Waals surface area contributed by atoms with Gasteiger partial charge in [0.05, 0.1) is 12.1 Å². The lowest BCUT2D eigenvalue weighted by atomic mass is 9.94. The van der Waals surface area contributed by atoms with Crippen molar-refractivity contribution in [1.29, 1.82) is 0 Å². The molecule has 1 atom stereocenters. The molecule has 32 heavy (non-hydrogen) atoms. The molecule has 6 heteroatoms. The van der Waals surface area contributed by atoms with Crippen LogP contribution in [0.15, 0.2) is 58.7 Å². The first-order chi connectivity index (χ1) is 15.7. The Morgan fingerprint density at radius 2 is 2.03 bits per heavy atom. The highest BCUT2D eigenvalue weighted by Gasteiger charge is 2.32. The summed E-state index contributed by atoms with van der Waals surface area (Å²) in [6, 6.07) is 16.6. The minimum atomic E-state index is -0.0837. The van der Waals surface area contributed by atoms with Gasteiger partial charge >= 0.3 is 0 Å². The summed E-state index contributed by atoms with van der Waals surface area (Å²) in [6.07, 6.45) is 3.33. The maximum atomic E-state index is 11.5. The molecule has 0 radical (unpaired) electrons. The van der Waals surface area contributed by atoms with Crippen molar-refractivity contribution in [3.05, 3.63) is 69.8 Å². The number of nitrogens with zero attached hydrogens (tertiary/aromatic N) is 2. The Hall–Kier alpha value is -2.83. The number of nitrogens with one attached hydrogen (secondary N) is 1. The van der Waals surface area contributed by atoms with E-state index in [4.69, 9.17) is 4.74 Å². The van der Waals surface area contributed by atoms with Crippen LogP contribution in [0.5, 0.6) is 5.75 Å². The SMILES string of the molecule is O=c1ccc2ccc(OCCCCN3CCN4c5cccc6scc(c56)CC4C3)cc2[nH]1. The van der Waals surface area contributed by atoms with E-state index in [1.54, 1.807) is 6.07 Å². The van der Waals surface area contributed by atoms with Crippen molar-refractivity contribution in [2.45, 2.75) is 25.3 Å². The van der Waals surface area contributed by atoms with Gasteiger partial charge in [-0.15, -0.1) is 11.3 Å². The topological polar surface area (TPSA) is 48.6 Å². The molecular formula is C26H27N3O2S. The number of piperazine rings is 1. The predicted octanol–water partition coefficient (Wildman–Crippen LogP) is 4.65. The molecule has 2 aromatic heterocycles. The minimum Gasteiger partial charge on any atom is -0.494 e. The van der Waals surface area contributed by atoms with E-state index < -0.39 is 0 Å². The molecule has 164 valence electrons. The molecule has 0 aliphatic carbocycles. The number of thiophene rings is 1. The van der Waals surface area contributed by atoms with Gasteiger partial charge in [0.15, 0.2) is 0 Å². The van der Waals surface area contributed by atoms with Crippen molar-refractivity contribution in [2.75, 3.05) is 37.7 Å². The summed E-state index contributed by atoms with van der Waals surface area (Å²) >= 11 is 1.89. The van der Waals surface area contributed by atoms with Crippen LogP contribution in [0, 0.1) is 0 Å². The predicted molar refractivity (Wildman–Crippen MR) is 132 cm³/mol. The van der Waals surface area contributed by atoms with Crippen LogP contribution in [0.2, 0.25) is 0 Å². The molecular weight excluding hydrogens is 418 g/mol. The Morgan fingerprint density at radius 1 is 1.09 bits per heavy atom. The van der Waals surface area contributed by atoms with Gasteiger partial charge in [-0.05, 0) is 72.5 Å². The molecule has 5 nitrogen and oxygen atoms in total. The minimum absolute atomic E-state index is 0.0837. The molecule has 2 aromatic carbocycles. The molecule has 0 saturated carbocycles. The molecule has 1 unspecified atom stereocenters. The zero-order valence-electron chi connectivity index (χ0n) is 18.0. The van der Waals surface area contributed by atoms with Gasteiger partial charge < -0.3 is 14.6 Å². The Balaban J connectivity index is 1.00. The fourth-order valence-corrected chi connectivity index (χ4v) is 6.23. The van der Waals surface area contributed by atoms with Crippen LogP contribution < -0.4 is 15.2 Å². The van der Waals surface area contributed by atoms with Crippen LogP contribution in [0.25, 0.3) is 21.0 Å². The van der Waals surface area contributed by atoms with Gasteiger partial charge in [0.25, 0.3) is 0 Å². The first-order valence-electron chi connectivity index (χ1n) is 11.5. The standard InChI is InChI=1S/C26H27N3O2S/c30-25-9-7-18-6-8-21(15-22(18)27-25)31-13-2-1-10-28-11-12-29-20(16-28)14-19-17-32-24-5-3-4-23(29)26(19)24/h3-9,15,17,20H,1-2,10-14,16H2,(H,27,30). The second-order valence-electron chi connectivity index (χ2n) is 8.89. The first kappa shape index (κ1) is 19.8. The number of ether oxygens (including phenoxy) is 1. The summed E-state index contributed by atoms with van der Waals surface area (Å²) in [5, 5.41) is 4.88. The molecule has 4 aromatic rings. The zero-order valence-corrected chi connectivity index (χ0v) is 18.9. The fourth-order valence-electron chi connectivity index (χ4n) is 5.24. The van der Waals surface area contributed by atoms with E-state index in [9.17, 15) is 4.79 Å². The van der Waals surface area contributed by atoms with E-state index in [2.05, 4.69) is 38.4 Å². The van der Waals surface area contributed by atoms with Crippen LogP contribution in [0.1, 0.15) is 18.4 Å². The number of benzene rings is 2. The second-order valence-corrected chi connectivity index (χ2v) is 9.80. The van der Waals surface area contributed by atoms with Crippen molar-refractivity contribution in [2.24, 2.45) is 0 Å². The van der Waals surface area contributed by atoms with Gasteiger partial charge in [0.1, 0.15) is 5.75 Å². The van der Waals surface area contributed by atoms with Crippen LogP contribution in [0.3, 0.4) is 0 Å². The molecule has 2 aliphatic rings.